The van der Waals surface area contributed by atoms with Crippen LogP contribution >= 0.6 is 0 Å². The van der Waals surface area contributed by atoms with Crippen molar-refractivity contribution < 1.29 is 23.8 Å². The first kappa shape index (κ1) is 31.6. The number of amides is 1. The maximum absolute atomic E-state index is 12.7. The molecule has 0 spiro atoms. The van der Waals surface area contributed by atoms with Gasteiger partial charge in [-0.25, -0.2) is 9.59 Å². The topological polar surface area (TPSA) is 65.1 Å². The van der Waals surface area contributed by atoms with E-state index in [1.807, 2.05) is 4.90 Å². The highest BCUT2D eigenvalue weighted by atomic mass is 16.8. The zero-order valence-corrected chi connectivity index (χ0v) is 23.0. The Balaban J connectivity index is 2.19. The van der Waals surface area contributed by atoms with E-state index >= 15 is 0 Å². The first-order chi connectivity index (χ1) is 17.2. The van der Waals surface area contributed by atoms with Gasteiger partial charge in [0.05, 0.1) is 0 Å². The Hall–Kier alpha value is -1.46. The Labute approximate surface area is 215 Å². The summed E-state index contributed by atoms with van der Waals surface area (Å²) in [5, 5.41) is 0. The maximum Gasteiger partial charge on any atom is 0.508 e. The van der Waals surface area contributed by atoms with Gasteiger partial charge in [0.25, 0.3) is 0 Å². The summed E-state index contributed by atoms with van der Waals surface area (Å²) in [6.07, 6.45) is 24.1. The molecule has 1 saturated heterocycles. The minimum Gasteiger partial charge on any atom is -0.445 e. The number of carbonyl (C=O) groups excluding carboxylic acids is 2. The number of nitrogens with zero attached hydrogens (tertiary/aromatic N) is 1. The minimum atomic E-state index is -0.682. The Kier molecular flexibility index (Phi) is 20.7. The summed E-state index contributed by atoms with van der Waals surface area (Å²) in [6.45, 7) is 6.22. The zero-order chi connectivity index (χ0) is 25.4. The lowest BCUT2D eigenvalue weighted by molar-refractivity contribution is 0.0531. The number of carbonyl (C=O) groups is 2. The number of hydrogen-bond acceptors (Lipinski definition) is 5. The largest absolute Gasteiger partial charge is 0.508 e. The van der Waals surface area contributed by atoms with E-state index < -0.39 is 12.3 Å². The third kappa shape index (κ3) is 18.5. The number of hydrogen-bond donors (Lipinski definition) is 0. The van der Waals surface area contributed by atoms with Crippen molar-refractivity contribution in [3.05, 3.63) is 0 Å². The molecule has 0 saturated carbocycles. The van der Waals surface area contributed by atoms with Gasteiger partial charge in [0, 0.05) is 13.1 Å². The average molecular weight is 498 g/mol. The third-order valence-electron chi connectivity index (χ3n) is 6.86. The van der Waals surface area contributed by atoms with Gasteiger partial charge in [0.15, 0.2) is 6.10 Å². The molecule has 1 heterocycles. The molecule has 0 aromatic heterocycles. The molecule has 1 aliphatic rings. The van der Waals surface area contributed by atoms with Gasteiger partial charge in [-0.1, -0.05) is 129 Å². The van der Waals surface area contributed by atoms with Gasteiger partial charge in [0.2, 0.25) is 0 Å². The molecule has 0 N–H and O–H groups in total. The summed E-state index contributed by atoms with van der Waals surface area (Å²) in [7, 11) is 0. The van der Waals surface area contributed by atoms with Crippen LogP contribution in [0.1, 0.15) is 142 Å². The van der Waals surface area contributed by atoms with Crippen molar-refractivity contribution >= 4 is 12.2 Å². The molecule has 35 heavy (non-hydrogen) atoms. The van der Waals surface area contributed by atoms with Crippen LogP contribution in [0.25, 0.3) is 0 Å². The highest BCUT2D eigenvalue weighted by Gasteiger charge is 2.27. The Morgan fingerprint density at radius 1 is 0.714 bits per heavy atom. The van der Waals surface area contributed by atoms with Crippen molar-refractivity contribution in [3.63, 3.8) is 0 Å². The molecule has 0 bridgehead atoms. The predicted octanol–water partition coefficient (Wildman–Crippen LogP) is 8.80. The average Bonchev–Trinajstić information content (AvgIpc) is 3.28. The highest BCUT2D eigenvalue weighted by molar-refractivity contribution is 5.67. The fourth-order valence-electron chi connectivity index (χ4n) is 4.58. The Morgan fingerprint density at radius 2 is 1.11 bits per heavy atom. The van der Waals surface area contributed by atoms with Crippen LogP contribution in [0.15, 0.2) is 0 Å². The van der Waals surface area contributed by atoms with Crippen LogP contribution in [0.3, 0.4) is 0 Å². The first-order valence-electron chi connectivity index (χ1n) is 14.9. The number of unbranched alkanes of at least 4 members (excludes halogenated alkanes) is 18. The molecule has 1 unspecified atom stereocenters. The molecule has 206 valence electrons. The van der Waals surface area contributed by atoms with Crippen LogP contribution in [0.2, 0.25) is 0 Å². The van der Waals surface area contributed by atoms with Crippen molar-refractivity contribution in [1.82, 2.24) is 4.90 Å². The van der Waals surface area contributed by atoms with Gasteiger partial charge in [-0.3, -0.25) is 0 Å². The van der Waals surface area contributed by atoms with Crippen molar-refractivity contribution in [1.29, 1.82) is 0 Å². The lowest BCUT2D eigenvalue weighted by Crippen LogP contribution is -2.35. The second-order valence-corrected chi connectivity index (χ2v) is 10.2. The van der Waals surface area contributed by atoms with E-state index in [0.29, 0.717) is 0 Å². The molecular formula is C29H55NO5. The molecule has 6 nitrogen and oxygen atoms in total. The molecule has 0 aromatic rings. The number of cyclic esters (lactones) is 2. The normalized spacial score (nSPS) is 15.1. The van der Waals surface area contributed by atoms with E-state index in [2.05, 4.69) is 13.8 Å². The molecular weight excluding hydrogens is 442 g/mol. The molecule has 0 aromatic carbocycles. The Morgan fingerprint density at radius 3 is 1.49 bits per heavy atom. The van der Waals surface area contributed by atoms with Crippen molar-refractivity contribution in [3.8, 4) is 0 Å². The fourth-order valence-corrected chi connectivity index (χ4v) is 4.58. The maximum atomic E-state index is 12.7. The zero-order valence-electron chi connectivity index (χ0n) is 23.0. The summed E-state index contributed by atoms with van der Waals surface area (Å²) in [4.78, 5) is 25.6. The van der Waals surface area contributed by atoms with Crippen LogP contribution in [0, 0.1) is 0 Å². The molecule has 1 fully saturated rings. The van der Waals surface area contributed by atoms with E-state index in [-0.39, 0.29) is 19.3 Å². The van der Waals surface area contributed by atoms with Crippen molar-refractivity contribution in [2.45, 2.75) is 148 Å². The molecule has 6 heteroatoms. The Bertz CT molecular complexity index is 489. The molecule has 1 atom stereocenters. The highest BCUT2D eigenvalue weighted by Crippen LogP contribution is 2.14. The van der Waals surface area contributed by atoms with Gasteiger partial charge in [-0.05, 0) is 12.8 Å². The van der Waals surface area contributed by atoms with Crippen LogP contribution in [-0.2, 0) is 14.2 Å². The van der Waals surface area contributed by atoms with Gasteiger partial charge >= 0.3 is 12.2 Å². The lowest BCUT2D eigenvalue weighted by Gasteiger charge is -2.22. The first-order valence-corrected chi connectivity index (χ1v) is 14.9. The van der Waals surface area contributed by atoms with Crippen LogP contribution < -0.4 is 0 Å². The molecule has 1 amide bonds. The van der Waals surface area contributed by atoms with E-state index in [9.17, 15) is 9.59 Å². The van der Waals surface area contributed by atoms with Crippen molar-refractivity contribution in [2.24, 2.45) is 0 Å². The van der Waals surface area contributed by atoms with E-state index in [1.165, 1.54) is 103 Å². The summed E-state index contributed by atoms with van der Waals surface area (Å²) >= 11 is 0. The summed E-state index contributed by atoms with van der Waals surface area (Å²) < 4.78 is 15.2. The van der Waals surface area contributed by atoms with Crippen LogP contribution in [0.5, 0.6) is 0 Å². The smallest absolute Gasteiger partial charge is 0.445 e. The van der Waals surface area contributed by atoms with Crippen LogP contribution in [0.4, 0.5) is 9.59 Å². The predicted molar refractivity (Wildman–Crippen MR) is 143 cm³/mol. The van der Waals surface area contributed by atoms with Crippen molar-refractivity contribution in [2.75, 3.05) is 26.3 Å². The second kappa shape index (κ2) is 23.0. The standard InChI is InChI=1S/C29H55NO5/c1-3-5-7-9-11-13-15-17-19-21-23-30(28(31)33-25-27-26-34-29(32)35-27)24-22-20-18-16-14-12-10-8-6-4-2/h27H,3-26H2,1-2H3. The van der Waals surface area contributed by atoms with E-state index in [0.717, 1.165) is 38.8 Å². The van der Waals surface area contributed by atoms with E-state index in [4.69, 9.17) is 14.2 Å². The van der Waals surface area contributed by atoms with Gasteiger partial charge in [-0.2, -0.15) is 0 Å². The van der Waals surface area contributed by atoms with Gasteiger partial charge in [-0.15, -0.1) is 0 Å². The second-order valence-electron chi connectivity index (χ2n) is 10.2. The van der Waals surface area contributed by atoms with Gasteiger partial charge < -0.3 is 19.1 Å². The summed E-state index contributed by atoms with van der Waals surface area (Å²) in [6, 6.07) is 0. The number of ether oxygens (including phenoxy) is 3. The monoisotopic (exact) mass is 497 g/mol. The third-order valence-corrected chi connectivity index (χ3v) is 6.86. The minimum absolute atomic E-state index is 0.0666. The summed E-state index contributed by atoms with van der Waals surface area (Å²) in [5.74, 6) is 0. The van der Waals surface area contributed by atoms with E-state index in [1.54, 1.807) is 0 Å². The SMILES string of the molecule is CCCCCCCCCCCCN(CCCCCCCCCCCC)C(=O)OCC1COC(=O)O1. The lowest BCUT2D eigenvalue weighted by atomic mass is 10.1. The van der Waals surface area contributed by atoms with Crippen LogP contribution in [-0.4, -0.2) is 49.6 Å². The fraction of sp³-hybridized carbons (Fsp3) is 0.931. The summed E-state index contributed by atoms with van der Waals surface area (Å²) in [5.41, 5.74) is 0. The molecule has 1 aliphatic heterocycles. The molecule has 0 aliphatic carbocycles. The molecule has 0 radical (unpaired) electrons. The molecule has 1 rings (SSSR count). The quantitative estimate of drug-likeness (QED) is 0.0984. The van der Waals surface area contributed by atoms with Gasteiger partial charge in [0.1, 0.15) is 13.2 Å². The number of rotatable bonds is 24.